The largest absolute Gasteiger partial charge is 0.497 e. The summed E-state index contributed by atoms with van der Waals surface area (Å²) in [5.41, 5.74) is 0.704. The summed E-state index contributed by atoms with van der Waals surface area (Å²) in [5, 5.41) is 12.2. The number of nitrogens with one attached hydrogen (secondary N) is 1. The van der Waals surface area contributed by atoms with Crippen LogP contribution in [0.4, 0.5) is 5.69 Å². The van der Waals surface area contributed by atoms with Crippen molar-refractivity contribution in [1.82, 2.24) is 15.1 Å². The van der Waals surface area contributed by atoms with E-state index in [1.165, 1.54) is 17.8 Å². The number of unbranched alkanes of at least 4 members (excludes halogenated alkanes) is 1. The number of amides is 1. The predicted octanol–water partition coefficient (Wildman–Crippen LogP) is 3.42. The zero-order chi connectivity index (χ0) is 17.4. The van der Waals surface area contributed by atoms with Crippen molar-refractivity contribution in [3.63, 3.8) is 0 Å². The molecule has 0 radical (unpaired) electrons. The standard InChI is InChI=1S/C17H24N4O2S/c1-4-6-11-21(5-2)12-15-19-20-17(24-15)16(22)18-13-7-9-14(23-3)10-8-13/h7-10H,4-6,11-12H2,1-3H3,(H,18,22). The third-order valence-electron chi connectivity index (χ3n) is 3.64. The van der Waals surface area contributed by atoms with Gasteiger partial charge in [-0.1, -0.05) is 31.6 Å². The SMILES string of the molecule is CCCCN(CC)Cc1nnc(C(=O)Nc2ccc(OC)cc2)s1. The number of nitrogens with zero attached hydrogens (tertiary/aromatic N) is 3. The highest BCUT2D eigenvalue weighted by Gasteiger charge is 2.14. The molecule has 24 heavy (non-hydrogen) atoms. The van der Waals surface area contributed by atoms with Crippen LogP contribution in [0.25, 0.3) is 0 Å². The van der Waals surface area contributed by atoms with Gasteiger partial charge in [-0.2, -0.15) is 0 Å². The van der Waals surface area contributed by atoms with Crippen molar-refractivity contribution < 1.29 is 9.53 Å². The minimum Gasteiger partial charge on any atom is -0.497 e. The molecule has 0 unspecified atom stereocenters. The lowest BCUT2D eigenvalue weighted by Gasteiger charge is -2.17. The summed E-state index contributed by atoms with van der Waals surface area (Å²) in [4.78, 5) is 14.6. The molecule has 0 bridgehead atoms. The van der Waals surface area contributed by atoms with Gasteiger partial charge >= 0.3 is 0 Å². The number of carbonyl (C=O) groups excluding carboxylic acids is 1. The number of anilines is 1. The molecular weight excluding hydrogens is 324 g/mol. The maximum absolute atomic E-state index is 12.3. The van der Waals surface area contributed by atoms with Crippen LogP contribution >= 0.6 is 11.3 Å². The van der Waals surface area contributed by atoms with Gasteiger partial charge in [0.05, 0.1) is 13.7 Å². The molecule has 1 heterocycles. The van der Waals surface area contributed by atoms with Crippen LogP contribution in [-0.2, 0) is 6.54 Å². The van der Waals surface area contributed by atoms with E-state index in [4.69, 9.17) is 4.74 Å². The molecule has 0 aliphatic heterocycles. The van der Waals surface area contributed by atoms with Crippen molar-refractivity contribution in [3.05, 3.63) is 34.3 Å². The summed E-state index contributed by atoms with van der Waals surface area (Å²) in [6.07, 6.45) is 2.33. The van der Waals surface area contributed by atoms with Gasteiger partial charge in [0.25, 0.3) is 5.91 Å². The number of ether oxygens (including phenoxy) is 1. The molecule has 1 aromatic carbocycles. The van der Waals surface area contributed by atoms with E-state index in [1.807, 2.05) is 0 Å². The first-order valence-electron chi connectivity index (χ1n) is 8.16. The summed E-state index contributed by atoms with van der Waals surface area (Å²) < 4.78 is 5.10. The first-order valence-corrected chi connectivity index (χ1v) is 8.98. The van der Waals surface area contributed by atoms with Gasteiger partial charge in [0.1, 0.15) is 10.8 Å². The van der Waals surface area contributed by atoms with Crippen LogP contribution in [0.5, 0.6) is 5.75 Å². The Morgan fingerprint density at radius 2 is 2.00 bits per heavy atom. The lowest BCUT2D eigenvalue weighted by atomic mass is 10.3. The molecule has 6 nitrogen and oxygen atoms in total. The van der Waals surface area contributed by atoms with E-state index >= 15 is 0 Å². The van der Waals surface area contributed by atoms with Crippen molar-refractivity contribution in [2.45, 2.75) is 33.2 Å². The molecule has 0 aliphatic rings. The third-order valence-corrected chi connectivity index (χ3v) is 4.55. The monoisotopic (exact) mass is 348 g/mol. The van der Waals surface area contributed by atoms with Crippen LogP contribution in [-0.4, -0.2) is 41.2 Å². The van der Waals surface area contributed by atoms with E-state index in [-0.39, 0.29) is 5.91 Å². The normalized spacial score (nSPS) is 10.8. The number of methoxy groups -OCH3 is 1. The molecule has 130 valence electrons. The second-order valence-electron chi connectivity index (χ2n) is 5.41. The van der Waals surface area contributed by atoms with E-state index in [9.17, 15) is 4.79 Å². The van der Waals surface area contributed by atoms with Gasteiger partial charge in [0, 0.05) is 5.69 Å². The summed E-state index contributed by atoms with van der Waals surface area (Å²) in [5.74, 6) is 0.512. The predicted molar refractivity (Wildman–Crippen MR) is 96.7 cm³/mol. The molecule has 0 atom stereocenters. The van der Waals surface area contributed by atoms with Crippen molar-refractivity contribution in [3.8, 4) is 5.75 Å². The molecule has 2 rings (SSSR count). The number of hydrogen-bond acceptors (Lipinski definition) is 6. The summed E-state index contributed by atoms with van der Waals surface area (Å²) in [6, 6.07) is 7.19. The molecule has 0 aliphatic carbocycles. The molecule has 0 saturated carbocycles. The van der Waals surface area contributed by atoms with Crippen LogP contribution in [0, 0.1) is 0 Å². The maximum Gasteiger partial charge on any atom is 0.286 e. The fourth-order valence-corrected chi connectivity index (χ4v) is 2.97. The molecule has 0 spiro atoms. The van der Waals surface area contributed by atoms with Crippen molar-refractivity contribution in [2.24, 2.45) is 0 Å². The fraction of sp³-hybridized carbons (Fsp3) is 0.471. The van der Waals surface area contributed by atoms with Gasteiger partial charge in [0.15, 0.2) is 0 Å². The molecule has 1 N–H and O–H groups in total. The molecule has 0 fully saturated rings. The minimum atomic E-state index is -0.236. The van der Waals surface area contributed by atoms with E-state index in [2.05, 4.69) is 34.3 Å². The number of carbonyl (C=O) groups is 1. The van der Waals surface area contributed by atoms with E-state index in [1.54, 1.807) is 31.4 Å². The number of hydrogen-bond donors (Lipinski definition) is 1. The highest BCUT2D eigenvalue weighted by Crippen LogP contribution is 2.18. The second-order valence-corrected chi connectivity index (χ2v) is 6.47. The Labute approximate surface area is 146 Å². The summed E-state index contributed by atoms with van der Waals surface area (Å²) >= 11 is 1.34. The number of benzene rings is 1. The van der Waals surface area contributed by atoms with E-state index < -0.39 is 0 Å². The number of rotatable bonds is 9. The first kappa shape index (κ1) is 18.4. The Bertz CT molecular complexity index is 642. The van der Waals surface area contributed by atoms with E-state index in [0.29, 0.717) is 10.7 Å². The van der Waals surface area contributed by atoms with E-state index in [0.717, 1.165) is 36.8 Å². The van der Waals surface area contributed by atoms with Gasteiger partial charge in [0.2, 0.25) is 5.01 Å². The minimum absolute atomic E-state index is 0.236. The van der Waals surface area contributed by atoms with Gasteiger partial charge < -0.3 is 10.1 Å². The Hall–Kier alpha value is -1.99. The first-order chi connectivity index (χ1) is 11.7. The highest BCUT2D eigenvalue weighted by molar-refractivity contribution is 7.13. The molecule has 1 amide bonds. The van der Waals surface area contributed by atoms with Crippen LogP contribution in [0.1, 0.15) is 41.5 Å². The summed E-state index contributed by atoms with van der Waals surface area (Å²) in [7, 11) is 1.61. The highest BCUT2D eigenvalue weighted by atomic mass is 32.1. The van der Waals surface area contributed by atoms with Crippen molar-refractivity contribution >= 4 is 22.9 Å². The van der Waals surface area contributed by atoms with Gasteiger partial charge in [-0.3, -0.25) is 9.69 Å². The molecule has 7 heteroatoms. The topological polar surface area (TPSA) is 67.4 Å². The molecule has 0 saturated heterocycles. The smallest absolute Gasteiger partial charge is 0.286 e. The Morgan fingerprint density at radius 1 is 1.25 bits per heavy atom. The average Bonchev–Trinajstić information content (AvgIpc) is 3.08. The number of aromatic nitrogens is 2. The average molecular weight is 348 g/mol. The molecular formula is C17H24N4O2S. The van der Waals surface area contributed by atoms with Gasteiger partial charge in [-0.05, 0) is 43.8 Å². The van der Waals surface area contributed by atoms with Crippen LogP contribution in [0.2, 0.25) is 0 Å². The molecule has 1 aromatic heterocycles. The lowest BCUT2D eigenvalue weighted by molar-refractivity contribution is 0.102. The zero-order valence-electron chi connectivity index (χ0n) is 14.4. The maximum atomic E-state index is 12.3. The Balaban J connectivity index is 1.94. The van der Waals surface area contributed by atoms with Gasteiger partial charge in [-0.25, -0.2) is 0 Å². The zero-order valence-corrected chi connectivity index (χ0v) is 15.2. The summed E-state index contributed by atoms with van der Waals surface area (Å²) in [6.45, 7) is 7.06. The Morgan fingerprint density at radius 3 is 2.62 bits per heavy atom. The van der Waals surface area contributed by atoms with Crippen molar-refractivity contribution in [1.29, 1.82) is 0 Å². The van der Waals surface area contributed by atoms with Crippen molar-refractivity contribution in [2.75, 3.05) is 25.5 Å². The van der Waals surface area contributed by atoms with Crippen LogP contribution in [0.3, 0.4) is 0 Å². The lowest BCUT2D eigenvalue weighted by Crippen LogP contribution is -2.23. The fourth-order valence-electron chi connectivity index (χ4n) is 2.19. The quantitative estimate of drug-likeness (QED) is 0.752. The second kappa shape index (κ2) is 9.34. The van der Waals surface area contributed by atoms with Gasteiger partial charge in [-0.15, -0.1) is 10.2 Å². The Kier molecular flexibility index (Phi) is 7.14. The third kappa shape index (κ3) is 5.28. The molecule has 2 aromatic rings. The van der Waals surface area contributed by atoms with Crippen LogP contribution < -0.4 is 10.1 Å². The van der Waals surface area contributed by atoms with Crippen LogP contribution in [0.15, 0.2) is 24.3 Å².